The number of nitrogens with zero attached hydrogens (tertiary/aromatic N) is 1. The van der Waals surface area contributed by atoms with Crippen LogP contribution in [0.15, 0.2) is 42.5 Å². The van der Waals surface area contributed by atoms with Crippen LogP contribution in [0.25, 0.3) is 0 Å². The number of nitrogens with one attached hydrogen (secondary N) is 1. The van der Waals surface area contributed by atoms with Crippen molar-refractivity contribution in [3.8, 4) is 0 Å². The maximum atomic E-state index is 14.1. The van der Waals surface area contributed by atoms with Crippen molar-refractivity contribution in [2.75, 3.05) is 7.05 Å². The first-order valence-corrected chi connectivity index (χ1v) is 8.44. The van der Waals surface area contributed by atoms with Crippen LogP contribution < -0.4 is 5.32 Å². The second-order valence-corrected chi connectivity index (χ2v) is 6.50. The van der Waals surface area contributed by atoms with Gasteiger partial charge in [0, 0.05) is 30.2 Å². The Morgan fingerprint density at radius 3 is 2.44 bits per heavy atom. The van der Waals surface area contributed by atoms with Crippen molar-refractivity contribution in [2.45, 2.75) is 25.4 Å². The number of hydrogen-bond acceptors (Lipinski definition) is 2. The number of halogens is 2. The van der Waals surface area contributed by atoms with Crippen LogP contribution in [0, 0.1) is 5.82 Å². The molecule has 1 fully saturated rings. The van der Waals surface area contributed by atoms with Crippen LogP contribution in [-0.2, 0) is 6.54 Å². The quantitative estimate of drug-likeness (QED) is 0.885. The first-order chi connectivity index (χ1) is 12.0. The molecular formula is C19H18ClFN2O2. The maximum absolute atomic E-state index is 14.1. The Balaban J connectivity index is 1.80. The number of benzene rings is 2. The standard InChI is InChI=1S/C19H18ClFN2O2/c1-22-18(24)13-4-2-12(3-5-13)11-23(15-7-8-15)19(25)16-9-6-14(20)10-17(16)21/h2-6,9-10,15H,7-8,11H2,1H3,(H,22,24). The highest BCUT2D eigenvalue weighted by Gasteiger charge is 2.34. The van der Waals surface area contributed by atoms with E-state index in [-0.39, 0.29) is 28.4 Å². The fourth-order valence-electron chi connectivity index (χ4n) is 2.67. The van der Waals surface area contributed by atoms with E-state index in [2.05, 4.69) is 5.32 Å². The minimum absolute atomic E-state index is 0.0262. The molecule has 2 aromatic carbocycles. The Morgan fingerprint density at radius 2 is 1.88 bits per heavy atom. The van der Waals surface area contributed by atoms with Crippen molar-refractivity contribution >= 4 is 23.4 Å². The summed E-state index contributed by atoms with van der Waals surface area (Å²) in [6, 6.07) is 11.3. The molecule has 3 rings (SSSR count). The zero-order chi connectivity index (χ0) is 18.0. The molecule has 0 saturated heterocycles. The van der Waals surface area contributed by atoms with Crippen LogP contribution in [-0.4, -0.2) is 29.8 Å². The van der Waals surface area contributed by atoms with Gasteiger partial charge in [-0.2, -0.15) is 0 Å². The third kappa shape index (κ3) is 3.99. The van der Waals surface area contributed by atoms with Gasteiger partial charge in [-0.3, -0.25) is 9.59 Å². The van der Waals surface area contributed by atoms with E-state index >= 15 is 0 Å². The van der Waals surface area contributed by atoms with Crippen LogP contribution in [0.2, 0.25) is 5.02 Å². The van der Waals surface area contributed by atoms with Gasteiger partial charge in [-0.05, 0) is 48.7 Å². The summed E-state index contributed by atoms with van der Waals surface area (Å²) in [5.74, 6) is -1.12. The molecule has 1 aliphatic rings. The van der Waals surface area contributed by atoms with E-state index in [0.717, 1.165) is 24.5 Å². The van der Waals surface area contributed by atoms with E-state index in [1.165, 1.54) is 12.1 Å². The van der Waals surface area contributed by atoms with Gasteiger partial charge in [-0.15, -0.1) is 0 Å². The predicted molar refractivity (Wildman–Crippen MR) is 94.1 cm³/mol. The predicted octanol–water partition coefficient (Wildman–Crippen LogP) is 3.64. The molecular weight excluding hydrogens is 343 g/mol. The van der Waals surface area contributed by atoms with E-state index in [1.807, 2.05) is 12.1 Å². The second-order valence-electron chi connectivity index (χ2n) is 6.06. The minimum Gasteiger partial charge on any atom is -0.355 e. The second kappa shape index (κ2) is 7.23. The first kappa shape index (κ1) is 17.4. The monoisotopic (exact) mass is 360 g/mol. The molecule has 2 aromatic rings. The number of carbonyl (C=O) groups excluding carboxylic acids is 2. The summed E-state index contributed by atoms with van der Waals surface area (Å²) in [5.41, 5.74) is 1.47. The number of rotatable bonds is 5. The molecule has 0 heterocycles. The van der Waals surface area contributed by atoms with Gasteiger partial charge < -0.3 is 10.2 Å². The highest BCUT2D eigenvalue weighted by atomic mass is 35.5. The van der Waals surface area contributed by atoms with Crippen LogP contribution >= 0.6 is 11.6 Å². The van der Waals surface area contributed by atoms with E-state index in [1.54, 1.807) is 24.1 Å². The molecule has 0 aliphatic heterocycles. The Hall–Kier alpha value is -2.40. The van der Waals surface area contributed by atoms with Gasteiger partial charge in [0.1, 0.15) is 5.82 Å². The van der Waals surface area contributed by atoms with Crippen LogP contribution in [0.5, 0.6) is 0 Å². The fourth-order valence-corrected chi connectivity index (χ4v) is 2.83. The van der Waals surface area contributed by atoms with Crippen molar-refractivity contribution in [1.29, 1.82) is 0 Å². The normalized spacial score (nSPS) is 13.4. The zero-order valence-electron chi connectivity index (χ0n) is 13.8. The highest BCUT2D eigenvalue weighted by Crippen LogP contribution is 2.30. The number of amides is 2. The van der Waals surface area contributed by atoms with Crippen molar-refractivity contribution in [1.82, 2.24) is 10.2 Å². The Bertz CT molecular complexity index is 804. The van der Waals surface area contributed by atoms with Crippen LogP contribution in [0.1, 0.15) is 39.1 Å². The summed E-state index contributed by atoms with van der Waals surface area (Å²) in [7, 11) is 1.57. The summed E-state index contributed by atoms with van der Waals surface area (Å²) in [6.45, 7) is 0.375. The molecule has 1 N–H and O–H groups in total. The smallest absolute Gasteiger partial charge is 0.257 e. The average Bonchev–Trinajstić information content (AvgIpc) is 3.44. The van der Waals surface area contributed by atoms with E-state index < -0.39 is 5.82 Å². The zero-order valence-corrected chi connectivity index (χ0v) is 14.5. The number of carbonyl (C=O) groups is 2. The van der Waals surface area contributed by atoms with Crippen molar-refractivity contribution in [3.63, 3.8) is 0 Å². The third-order valence-corrected chi connectivity index (χ3v) is 4.44. The molecule has 0 spiro atoms. The topological polar surface area (TPSA) is 49.4 Å². The molecule has 0 radical (unpaired) electrons. The van der Waals surface area contributed by atoms with Gasteiger partial charge in [-0.1, -0.05) is 23.7 Å². The summed E-state index contributed by atoms with van der Waals surface area (Å²) >= 11 is 5.76. The third-order valence-electron chi connectivity index (χ3n) is 4.21. The van der Waals surface area contributed by atoms with Gasteiger partial charge in [0.25, 0.3) is 11.8 Å². The Morgan fingerprint density at radius 1 is 1.20 bits per heavy atom. The Kier molecular flexibility index (Phi) is 5.04. The lowest BCUT2D eigenvalue weighted by Gasteiger charge is -2.23. The molecule has 2 amide bonds. The maximum Gasteiger partial charge on any atom is 0.257 e. The molecule has 0 unspecified atom stereocenters. The number of hydrogen-bond donors (Lipinski definition) is 1. The van der Waals surface area contributed by atoms with Crippen molar-refractivity contribution in [2.24, 2.45) is 0 Å². The minimum atomic E-state index is -0.613. The lowest BCUT2D eigenvalue weighted by atomic mass is 10.1. The SMILES string of the molecule is CNC(=O)c1ccc(CN(C(=O)c2ccc(Cl)cc2F)C2CC2)cc1. The van der Waals surface area contributed by atoms with Gasteiger partial charge in [-0.25, -0.2) is 4.39 Å². The highest BCUT2D eigenvalue weighted by molar-refractivity contribution is 6.30. The molecule has 25 heavy (non-hydrogen) atoms. The van der Waals surface area contributed by atoms with Crippen molar-refractivity contribution in [3.05, 3.63) is 70.0 Å². The van der Waals surface area contributed by atoms with E-state index in [0.29, 0.717) is 12.1 Å². The van der Waals surface area contributed by atoms with Crippen LogP contribution in [0.4, 0.5) is 4.39 Å². The van der Waals surface area contributed by atoms with Crippen molar-refractivity contribution < 1.29 is 14.0 Å². The molecule has 1 saturated carbocycles. The molecule has 4 nitrogen and oxygen atoms in total. The van der Waals surface area contributed by atoms with E-state index in [4.69, 9.17) is 11.6 Å². The molecule has 0 aromatic heterocycles. The first-order valence-electron chi connectivity index (χ1n) is 8.06. The molecule has 6 heteroatoms. The summed E-state index contributed by atoms with van der Waals surface area (Å²) in [6.07, 6.45) is 1.83. The van der Waals surface area contributed by atoms with Gasteiger partial charge in [0.15, 0.2) is 0 Å². The summed E-state index contributed by atoms with van der Waals surface area (Å²) < 4.78 is 14.1. The van der Waals surface area contributed by atoms with Gasteiger partial charge in [0.2, 0.25) is 0 Å². The molecule has 0 bridgehead atoms. The molecule has 0 atom stereocenters. The Labute approximate surface area is 150 Å². The largest absolute Gasteiger partial charge is 0.355 e. The lowest BCUT2D eigenvalue weighted by molar-refractivity contribution is 0.0724. The molecule has 1 aliphatic carbocycles. The van der Waals surface area contributed by atoms with Gasteiger partial charge in [0.05, 0.1) is 5.56 Å². The van der Waals surface area contributed by atoms with E-state index in [9.17, 15) is 14.0 Å². The van der Waals surface area contributed by atoms with Crippen LogP contribution in [0.3, 0.4) is 0 Å². The lowest BCUT2D eigenvalue weighted by Crippen LogP contribution is -2.33. The van der Waals surface area contributed by atoms with Gasteiger partial charge >= 0.3 is 0 Å². The average molecular weight is 361 g/mol. The fraction of sp³-hybridized carbons (Fsp3) is 0.263. The summed E-state index contributed by atoms with van der Waals surface area (Å²) in [4.78, 5) is 26.0. The summed E-state index contributed by atoms with van der Waals surface area (Å²) in [5, 5.41) is 2.83. The molecule has 130 valence electrons.